The monoisotopic (exact) mass is 339 g/mol. The first-order valence-electron chi connectivity index (χ1n) is 7.32. The molecule has 1 N–H and O–H groups in total. The SMILES string of the molecule is COc1ccc(-c2csc(N/N=C\c3ccccc3OC)n2)cc1. The maximum atomic E-state index is 5.29. The molecule has 0 atom stereocenters. The molecule has 6 heteroatoms. The summed E-state index contributed by atoms with van der Waals surface area (Å²) in [6.07, 6.45) is 1.72. The van der Waals surface area contributed by atoms with Crippen molar-refractivity contribution < 1.29 is 9.47 Å². The molecule has 0 saturated carbocycles. The normalized spacial score (nSPS) is 10.8. The van der Waals surface area contributed by atoms with Gasteiger partial charge in [-0.25, -0.2) is 4.98 Å². The van der Waals surface area contributed by atoms with Gasteiger partial charge >= 0.3 is 0 Å². The quantitative estimate of drug-likeness (QED) is 0.538. The van der Waals surface area contributed by atoms with Crippen LogP contribution in [-0.2, 0) is 0 Å². The van der Waals surface area contributed by atoms with Gasteiger partial charge in [0.15, 0.2) is 0 Å². The van der Waals surface area contributed by atoms with Gasteiger partial charge in [0.05, 0.1) is 26.1 Å². The second-order valence-electron chi connectivity index (χ2n) is 4.88. The number of nitrogens with one attached hydrogen (secondary N) is 1. The van der Waals surface area contributed by atoms with Gasteiger partial charge in [-0.15, -0.1) is 11.3 Å². The zero-order valence-electron chi connectivity index (χ0n) is 13.4. The van der Waals surface area contributed by atoms with E-state index >= 15 is 0 Å². The van der Waals surface area contributed by atoms with Crippen LogP contribution < -0.4 is 14.9 Å². The molecule has 0 spiro atoms. The maximum Gasteiger partial charge on any atom is 0.203 e. The summed E-state index contributed by atoms with van der Waals surface area (Å²) in [6, 6.07) is 15.5. The summed E-state index contributed by atoms with van der Waals surface area (Å²) in [5.41, 5.74) is 5.79. The van der Waals surface area contributed by atoms with Crippen LogP contribution in [0.3, 0.4) is 0 Å². The summed E-state index contributed by atoms with van der Waals surface area (Å²) in [5, 5.41) is 6.95. The third kappa shape index (κ3) is 3.72. The van der Waals surface area contributed by atoms with Crippen LogP contribution in [0.15, 0.2) is 59.0 Å². The largest absolute Gasteiger partial charge is 0.497 e. The number of thiazole rings is 1. The van der Waals surface area contributed by atoms with Crippen LogP contribution in [0.1, 0.15) is 5.56 Å². The van der Waals surface area contributed by atoms with Crippen molar-refractivity contribution in [1.82, 2.24) is 4.98 Å². The van der Waals surface area contributed by atoms with Gasteiger partial charge in [0.1, 0.15) is 11.5 Å². The highest BCUT2D eigenvalue weighted by Gasteiger charge is 2.04. The molecule has 0 fully saturated rings. The molecule has 3 rings (SSSR count). The zero-order valence-corrected chi connectivity index (χ0v) is 14.2. The highest BCUT2D eigenvalue weighted by atomic mass is 32.1. The summed E-state index contributed by atoms with van der Waals surface area (Å²) in [7, 11) is 3.29. The summed E-state index contributed by atoms with van der Waals surface area (Å²) >= 11 is 1.50. The fourth-order valence-electron chi connectivity index (χ4n) is 2.15. The molecule has 0 aliphatic rings. The van der Waals surface area contributed by atoms with Crippen molar-refractivity contribution in [1.29, 1.82) is 0 Å². The number of hydrogen-bond acceptors (Lipinski definition) is 6. The van der Waals surface area contributed by atoms with Crippen LogP contribution in [0.25, 0.3) is 11.3 Å². The minimum Gasteiger partial charge on any atom is -0.497 e. The summed E-state index contributed by atoms with van der Waals surface area (Å²) in [4.78, 5) is 4.53. The Bertz CT molecular complexity index is 828. The highest BCUT2D eigenvalue weighted by molar-refractivity contribution is 7.14. The number of benzene rings is 2. The van der Waals surface area contributed by atoms with Gasteiger partial charge in [-0.3, -0.25) is 5.43 Å². The van der Waals surface area contributed by atoms with Crippen molar-refractivity contribution in [3.05, 3.63) is 59.5 Å². The van der Waals surface area contributed by atoms with Gasteiger partial charge in [-0.1, -0.05) is 12.1 Å². The number of nitrogens with zero attached hydrogens (tertiary/aromatic N) is 2. The maximum absolute atomic E-state index is 5.29. The Morgan fingerprint density at radius 1 is 1.04 bits per heavy atom. The lowest BCUT2D eigenvalue weighted by Crippen LogP contribution is -1.93. The van der Waals surface area contributed by atoms with Crippen molar-refractivity contribution in [3.63, 3.8) is 0 Å². The van der Waals surface area contributed by atoms with Gasteiger partial charge in [0.2, 0.25) is 5.13 Å². The first-order chi connectivity index (χ1) is 11.8. The van der Waals surface area contributed by atoms with Crippen molar-refractivity contribution >= 4 is 22.7 Å². The van der Waals surface area contributed by atoms with Gasteiger partial charge in [-0.05, 0) is 36.4 Å². The highest BCUT2D eigenvalue weighted by Crippen LogP contribution is 2.26. The minimum absolute atomic E-state index is 0.729. The topological polar surface area (TPSA) is 55.7 Å². The lowest BCUT2D eigenvalue weighted by molar-refractivity contribution is 0.414. The average Bonchev–Trinajstić information content (AvgIpc) is 3.11. The molecular formula is C18H17N3O2S. The number of hydrogen-bond donors (Lipinski definition) is 1. The van der Waals surface area contributed by atoms with E-state index in [2.05, 4.69) is 15.5 Å². The molecule has 0 unspecified atom stereocenters. The Morgan fingerprint density at radius 3 is 2.58 bits per heavy atom. The van der Waals surface area contributed by atoms with Crippen LogP contribution in [0, 0.1) is 0 Å². The third-order valence-electron chi connectivity index (χ3n) is 3.39. The van der Waals surface area contributed by atoms with Crippen LogP contribution in [-0.4, -0.2) is 25.4 Å². The van der Waals surface area contributed by atoms with Crippen LogP contribution >= 0.6 is 11.3 Å². The van der Waals surface area contributed by atoms with E-state index in [4.69, 9.17) is 9.47 Å². The molecule has 2 aromatic carbocycles. The Labute approximate surface area is 144 Å². The lowest BCUT2D eigenvalue weighted by atomic mass is 10.2. The number of methoxy groups -OCH3 is 2. The predicted molar refractivity (Wildman–Crippen MR) is 98.3 cm³/mol. The van der Waals surface area contributed by atoms with Gasteiger partial charge in [0, 0.05) is 16.5 Å². The molecule has 122 valence electrons. The molecule has 24 heavy (non-hydrogen) atoms. The molecule has 0 amide bonds. The predicted octanol–water partition coefficient (Wildman–Crippen LogP) is 4.27. The first-order valence-corrected chi connectivity index (χ1v) is 8.20. The number of aromatic nitrogens is 1. The first kappa shape index (κ1) is 16.0. The molecule has 1 aromatic heterocycles. The average molecular weight is 339 g/mol. The number of ether oxygens (including phenoxy) is 2. The van der Waals surface area contributed by atoms with E-state index in [0.29, 0.717) is 0 Å². The van der Waals surface area contributed by atoms with Gasteiger partial charge in [0.25, 0.3) is 0 Å². The Hall–Kier alpha value is -2.86. The van der Waals surface area contributed by atoms with E-state index in [1.807, 2.05) is 53.9 Å². The van der Waals surface area contributed by atoms with E-state index < -0.39 is 0 Å². The lowest BCUT2D eigenvalue weighted by Gasteiger charge is -2.02. The number of rotatable bonds is 6. The molecule has 0 radical (unpaired) electrons. The molecule has 0 bridgehead atoms. The fraction of sp³-hybridized carbons (Fsp3) is 0.111. The zero-order chi connectivity index (χ0) is 16.8. The van der Waals surface area contributed by atoms with Gasteiger partial charge in [-0.2, -0.15) is 5.10 Å². The number of anilines is 1. The Kier molecular flexibility index (Phi) is 5.08. The summed E-state index contributed by atoms with van der Waals surface area (Å²) in [5.74, 6) is 1.61. The third-order valence-corrected chi connectivity index (χ3v) is 4.14. The summed E-state index contributed by atoms with van der Waals surface area (Å²) in [6.45, 7) is 0. The van der Waals surface area contributed by atoms with E-state index in [9.17, 15) is 0 Å². The molecule has 5 nitrogen and oxygen atoms in total. The fourth-order valence-corrected chi connectivity index (χ4v) is 2.82. The molecular weight excluding hydrogens is 322 g/mol. The van der Waals surface area contributed by atoms with Crippen molar-refractivity contribution in [2.75, 3.05) is 19.6 Å². The Morgan fingerprint density at radius 2 is 1.83 bits per heavy atom. The summed E-state index contributed by atoms with van der Waals surface area (Å²) < 4.78 is 10.5. The van der Waals surface area contributed by atoms with Gasteiger partial charge < -0.3 is 9.47 Å². The number of hydrazone groups is 1. The van der Waals surface area contributed by atoms with Crippen molar-refractivity contribution in [2.24, 2.45) is 5.10 Å². The second kappa shape index (κ2) is 7.61. The Balaban J connectivity index is 1.68. The molecule has 0 saturated heterocycles. The van der Waals surface area contributed by atoms with E-state index in [-0.39, 0.29) is 0 Å². The van der Waals surface area contributed by atoms with E-state index in [0.717, 1.165) is 33.5 Å². The molecule has 0 aliphatic heterocycles. The molecule has 3 aromatic rings. The van der Waals surface area contributed by atoms with Crippen LogP contribution in [0.4, 0.5) is 5.13 Å². The second-order valence-corrected chi connectivity index (χ2v) is 5.74. The molecule has 0 aliphatic carbocycles. The van der Waals surface area contributed by atoms with Crippen molar-refractivity contribution in [2.45, 2.75) is 0 Å². The smallest absolute Gasteiger partial charge is 0.203 e. The standard InChI is InChI=1S/C18H17N3O2S/c1-22-15-9-7-13(8-10-15)16-12-24-18(20-16)21-19-11-14-5-3-4-6-17(14)23-2/h3-12H,1-2H3,(H,20,21)/b19-11-. The van der Waals surface area contributed by atoms with Crippen LogP contribution in [0.5, 0.6) is 11.5 Å². The van der Waals surface area contributed by atoms with E-state index in [1.54, 1.807) is 20.4 Å². The van der Waals surface area contributed by atoms with Crippen molar-refractivity contribution in [3.8, 4) is 22.8 Å². The number of para-hydroxylation sites is 1. The molecule has 1 heterocycles. The minimum atomic E-state index is 0.729. The van der Waals surface area contributed by atoms with E-state index in [1.165, 1.54) is 11.3 Å². The van der Waals surface area contributed by atoms with Crippen LogP contribution in [0.2, 0.25) is 0 Å².